The van der Waals surface area contributed by atoms with Crippen molar-refractivity contribution in [2.24, 2.45) is 5.92 Å². The highest BCUT2D eigenvalue weighted by molar-refractivity contribution is 6.01. The molecular weight excluding hydrogens is 308 g/mol. The predicted octanol–water partition coefficient (Wildman–Crippen LogP) is -0.00310. The third-order valence-electron chi connectivity index (χ3n) is 4.75. The smallest absolute Gasteiger partial charge is 0.324 e. The topological polar surface area (TPSA) is 90.5 Å². The Bertz CT molecular complexity index is 429. The Labute approximate surface area is 136 Å². The van der Waals surface area contributed by atoms with Gasteiger partial charge in [0, 0.05) is 19.1 Å². The fourth-order valence-electron chi connectivity index (χ4n) is 3.62. The molecule has 2 heterocycles. The summed E-state index contributed by atoms with van der Waals surface area (Å²) in [6.07, 6.45) is 5.79. The molecule has 0 aromatic heterocycles. The molecule has 3 aliphatic rings. The van der Waals surface area contributed by atoms with Crippen LogP contribution in [0.3, 0.4) is 0 Å². The van der Waals surface area contributed by atoms with Crippen LogP contribution in [0.25, 0.3) is 0 Å². The summed E-state index contributed by atoms with van der Waals surface area (Å²) in [4.78, 5) is 36.0. The summed E-state index contributed by atoms with van der Waals surface area (Å²) in [6.45, 7) is 0.599. The minimum Gasteiger partial charge on any atom is -0.353 e. The van der Waals surface area contributed by atoms with Crippen molar-refractivity contribution in [3.05, 3.63) is 0 Å². The van der Waals surface area contributed by atoms with Gasteiger partial charge in [0.1, 0.15) is 0 Å². The standard InChI is InChI=1S/C14H22N4O3.ClH/c19-12-8-16-14(21)18(12)6-5-15-13(20)11-7-9-3-1-2-4-10(9)17-11;/h9-11,17H,1-8H2,(H,15,20)(H,16,21);1H. The molecule has 2 aliphatic heterocycles. The Balaban J connectivity index is 0.00000176. The summed E-state index contributed by atoms with van der Waals surface area (Å²) >= 11 is 0. The van der Waals surface area contributed by atoms with Crippen molar-refractivity contribution in [1.29, 1.82) is 0 Å². The molecular formula is C14H23ClN4O3. The van der Waals surface area contributed by atoms with E-state index in [0.717, 1.165) is 17.7 Å². The summed E-state index contributed by atoms with van der Waals surface area (Å²) in [5.74, 6) is 0.371. The molecule has 8 heteroatoms. The van der Waals surface area contributed by atoms with E-state index in [9.17, 15) is 14.4 Å². The van der Waals surface area contributed by atoms with E-state index >= 15 is 0 Å². The van der Waals surface area contributed by atoms with E-state index in [1.54, 1.807) is 0 Å². The van der Waals surface area contributed by atoms with Gasteiger partial charge < -0.3 is 16.0 Å². The molecule has 0 radical (unpaired) electrons. The highest BCUT2D eigenvalue weighted by Crippen LogP contribution is 2.33. The monoisotopic (exact) mass is 330 g/mol. The minimum atomic E-state index is -0.376. The van der Waals surface area contributed by atoms with E-state index in [1.165, 1.54) is 19.3 Å². The normalized spacial score (nSPS) is 30.5. The lowest BCUT2D eigenvalue weighted by atomic mass is 9.85. The number of urea groups is 1. The van der Waals surface area contributed by atoms with E-state index < -0.39 is 0 Å². The molecule has 3 rings (SSSR count). The Morgan fingerprint density at radius 2 is 2.05 bits per heavy atom. The molecule has 0 aromatic rings. The number of hydrogen-bond donors (Lipinski definition) is 3. The zero-order valence-corrected chi connectivity index (χ0v) is 13.3. The van der Waals surface area contributed by atoms with Gasteiger partial charge in [-0.3, -0.25) is 14.5 Å². The minimum absolute atomic E-state index is 0. The molecule has 3 atom stereocenters. The number of nitrogens with zero attached hydrogens (tertiary/aromatic N) is 1. The van der Waals surface area contributed by atoms with Crippen molar-refractivity contribution < 1.29 is 14.4 Å². The van der Waals surface area contributed by atoms with Crippen LogP contribution in [0, 0.1) is 5.92 Å². The Morgan fingerprint density at radius 3 is 2.73 bits per heavy atom. The second-order valence-corrected chi connectivity index (χ2v) is 6.10. The maximum absolute atomic E-state index is 12.1. The number of carbonyl (C=O) groups is 3. The third kappa shape index (κ3) is 3.52. The third-order valence-corrected chi connectivity index (χ3v) is 4.75. The zero-order chi connectivity index (χ0) is 14.8. The second-order valence-electron chi connectivity index (χ2n) is 6.10. The average molecular weight is 331 g/mol. The van der Waals surface area contributed by atoms with Crippen LogP contribution in [0.4, 0.5) is 4.79 Å². The van der Waals surface area contributed by atoms with Gasteiger partial charge in [-0.15, -0.1) is 12.4 Å². The van der Waals surface area contributed by atoms with Crippen molar-refractivity contribution in [2.45, 2.75) is 44.2 Å². The van der Waals surface area contributed by atoms with Crippen LogP contribution in [-0.2, 0) is 9.59 Å². The number of rotatable bonds is 4. The van der Waals surface area contributed by atoms with Crippen molar-refractivity contribution in [2.75, 3.05) is 19.6 Å². The van der Waals surface area contributed by atoms with E-state index in [2.05, 4.69) is 16.0 Å². The molecule has 3 fully saturated rings. The number of hydrogen-bond acceptors (Lipinski definition) is 4. The predicted molar refractivity (Wildman–Crippen MR) is 82.7 cm³/mol. The van der Waals surface area contributed by atoms with E-state index in [1.807, 2.05) is 0 Å². The van der Waals surface area contributed by atoms with Gasteiger partial charge in [0.2, 0.25) is 11.8 Å². The quantitative estimate of drug-likeness (QED) is 0.633. The molecule has 22 heavy (non-hydrogen) atoms. The van der Waals surface area contributed by atoms with E-state index in [-0.39, 0.29) is 49.4 Å². The summed E-state index contributed by atoms with van der Waals surface area (Å²) in [6, 6.07) is -0.0131. The molecule has 4 amide bonds. The van der Waals surface area contributed by atoms with Crippen molar-refractivity contribution >= 4 is 30.3 Å². The van der Waals surface area contributed by atoms with Gasteiger partial charge in [0.25, 0.3) is 0 Å². The number of carbonyl (C=O) groups excluding carboxylic acids is 3. The number of halogens is 1. The molecule has 124 valence electrons. The van der Waals surface area contributed by atoms with E-state index in [4.69, 9.17) is 0 Å². The van der Waals surface area contributed by atoms with Gasteiger partial charge in [-0.2, -0.15) is 0 Å². The summed E-state index contributed by atoms with van der Waals surface area (Å²) in [7, 11) is 0. The maximum atomic E-state index is 12.1. The van der Waals surface area contributed by atoms with Crippen molar-refractivity contribution in [1.82, 2.24) is 20.9 Å². The van der Waals surface area contributed by atoms with Gasteiger partial charge in [0.15, 0.2) is 0 Å². The number of nitrogens with one attached hydrogen (secondary N) is 3. The van der Waals surface area contributed by atoms with Crippen LogP contribution in [-0.4, -0.2) is 54.5 Å². The Kier molecular flexibility index (Phi) is 5.63. The fraction of sp³-hybridized carbons (Fsp3) is 0.786. The molecule has 0 aromatic carbocycles. The molecule has 0 spiro atoms. The largest absolute Gasteiger partial charge is 0.353 e. The van der Waals surface area contributed by atoms with Crippen LogP contribution in [0.5, 0.6) is 0 Å². The zero-order valence-electron chi connectivity index (χ0n) is 12.5. The second kappa shape index (κ2) is 7.28. The van der Waals surface area contributed by atoms with Gasteiger partial charge in [0.05, 0.1) is 12.6 Å². The highest BCUT2D eigenvalue weighted by atomic mass is 35.5. The van der Waals surface area contributed by atoms with Gasteiger partial charge in [-0.1, -0.05) is 12.8 Å². The molecule has 3 unspecified atom stereocenters. The summed E-state index contributed by atoms with van der Waals surface area (Å²) in [5.41, 5.74) is 0. The lowest BCUT2D eigenvalue weighted by Gasteiger charge is -2.24. The first-order valence-corrected chi connectivity index (χ1v) is 7.77. The van der Waals surface area contributed by atoms with Gasteiger partial charge in [-0.25, -0.2) is 4.79 Å². The summed E-state index contributed by atoms with van der Waals surface area (Å²) < 4.78 is 0. The number of amides is 4. The first-order valence-electron chi connectivity index (χ1n) is 7.77. The van der Waals surface area contributed by atoms with Crippen molar-refractivity contribution in [3.8, 4) is 0 Å². The number of imide groups is 1. The summed E-state index contributed by atoms with van der Waals surface area (Å²) in [5, 5.41) is 8.70. The first-order chi connectivity index (χ1) is 10.1. The lowest BCUT2D eigenvalue weighted by Crippen LogP contribution is -2.46. The van der Waals surface area contributed by atoms with Gasteiger partial charge in [-0.05, 0) is 25.2 Å². The molecule has 1 aliphatic carbocycles. The molecule has 2 saturated heterocycles. The first kappa shape index (κ1) is 17.0. The van der Waals surface area contributed by atoms with Crippen LogP contribution in [0.15, 0.2) is 0 Å². The van der Waals surface area contributed by atoms with E-state index in [0.29, 0.717) is 18.5 Å². The van der Waals surface area contributed by atoms with Crippen molar-refractivity contribution in [3.63, 3.8) is 0 Å². The molecule has 3 N–H and O–H groups in total. The lowest BCUT2D eigenvalue weighted by molar-refractivity contribution is -0.126. The van der Waals surface area contributed by atoms with Crippen LogP contribution in [0.1, 0.15) is 32.1 Å². The average Bonchev–Trinajstić information content (AvgIpc) is 3.04. The van der Waals surface area contributed by atoms with Crippen LogP contribution < -0.4 is 16.0 Å². The maximum Gasteiger partial charge on any atom is 0.324 e. The Morgan fingerprint density at radius 1 is 1.27 bits per heavy atom. The molecule has 0 bridgehead atoms. The molecule has 1 saturated carbocycles. The Hall–Kier alpha value is -1.34. The van der Waals surface area contributed by atoms with Gasteiger partial charge >= 0.3 is 6.03 Å². The van der Waals surface area contributed by atoms with Crippen LogP contribution in [0.2, 0.25) is 0 Å². The number of fused-ring (bicyclic) bond motifs is 1. The highest BCUT2D eigenvalue weighted by Gasteiger charge is 2.38. The van der Waals surface area contributed by atoms with Crippen LogP contribution >= 0.6 is 12.4 Å². The molecule has 7 nitrogen and oxygen atoms in total. The SMILES string of the molecule is Cl.O=C(NCCN1C(=O)CNC1=O)C1CC2CCCCC2N1. The fourth-order valence-corrected chi connectivity index (χ4v) is 3.62.